The third-order valence-corrected chi connectivity index (χ3v) is 6.74. The molecule has 2 aliphatic rings. The van der Waals surface area contributed by atoms with Crippen molar-refractivity contribution < 1.29 is 9.53 Å². The van der Waals surface area contributed by atoms with E-state index < -0.39 is 0 Å². The Balaban J connectivity index is 1.56. The molecular weight excluding hydrogens is 386 g/mol. The van der Waals surface area contributed by atoms with Gasteiger partial charge >= 0.3 is 0 Å². The number of fused-ring (bicyclic) bond motifs is 1. The first-order valence-electron chi connectivity index (χ1n) is 10.5. The SMILES string of the molecule is CC1CC(C)CN(C(=O)CSc2nc3ccccc3c(=O)n2CC2CCCO2)C1. The van der Waals surface area contributed by atoms with Crippen molar-refractivity contribution in [2.24, 2.45) is 11.8 Å². The quantitative estimate of drug-likeness (QED) is 0.554. The first-order chi connectivity index (χ1) is 14.0. The number of piperidine rings is 1. The third-order valence-electron chi connectivity index (χ3n) is 5.78. The van der Waals surface area contributed by atoms with E-state index in [1.807, 2.05) is 29.2 Å². The van der Waals surface area contributed by atoms with Crippen molar-refractivity contribution in [3.63, 3.8) is 0 Å². The summed E-state index contributed by atoms with van der Waals surface area (Å²) in [4.78, 5) is 32.7. The van der Waals surface area contributed by atoms with Crippen molar-refractivity contribution in [1.82, 2.24) is 14.5 Å². The molecule has 0 radical (unpaired) electrons. The number of hydrogen-bond donors (Lipinski definition) is 0. The number of rotatable bonds is 5. The van der Waals surface area contributed by atoms with Crippen LogP contribution in [-0.4, -0.2) is 51.9 Å². The molecule has 2 aliphatic heterocycles. The van der Waals surface area contributed by atoms with Gasteiger partial charge in [0.05, 0.1) is 29.3 Å². The maximum atomic E-state index is 13.1. The van der Waals surface area contributed by atoms with Crippen molar-refractivity contribution in [2.75, 3.05) is 25.4 Å². The highest BCUT2D eigenvalue weighted by Crippen LogP contribution is 2.24. The number of benzene rings is 1. The lowest BCUT2D eigenvalue weighted by atomic mass is 9.92. The number of hydrogen-bond acceptors (Lipinski definition) is 5. The second-order valence-electron chi connectivity index (χ2n) is 8.50. The summed E-state index contributed by atoms with van der Waals surface area (Å²) in [5.41, 5.74) is 0.623. The van der Waals surface area contributed by atoms with Crippen molar-refractivity contribution >= 4 is 28.6 Å². The van der Waals surface area contributed by atoms with Crippen molar-refractivity contribution in [1.29, 1.82) is 0 Å². The predicted octanol–water partition coefficient (Wildman–Crippen LogP) is 3.17. The topological polar surface area (TPSA) is 64.4 Å². The van der Waals surface area contributed by atoms with Crippen LogP contribution in [0.1, 0.15) is 33.1 Å². The fraction of sp³-hybridized carbons (Fsp3) is 0.591. The third kappa shape index (κ3) is 4.67. The number of likely N-dealkylation sites (tertiary alicyclic amines) is 1. The zero-order chi connectivity index (χ0) is 20.4. The van der Waals surface area contributed by atoms with Gasteiger partial charge in [-0.2, -0.15) is 0 Å². The molecule has 3 heterocycles. The average Bonchev–Trinajstić information content (AvgIpc) is 3.21. The molecule has 0 saturated carbocycles. The summed E-state index contributed by atoms with van der Waals surface area (Å²) in [5, 5.41) is 1.22. The molecule has 3 unspecified atom stereocenters. The Morgan fingerprint density at radius 1 is 1.24 bits per heavy atom. The average molecular weight is 416 g/mol. The van der Waals surface area contributed by atoms with Gasteiger partial charge in [0.2, 0.25) is 5.91 Å². The van der Waals surface area contributed by atoms with E-state index in [4.69, 9.17) is 9.72 Å². The van der Waals surface area contributed by atoms with Gasteiger partial charge in [-0.25, -0.2) is 4.98 Å². The maximum absolute atomic E-state index is 13.1. The summed E-state index contributed by atoms with van der Waals surface area (Å²) >= 11 is 1.37. The number of nitrogens with zero attached hydrogens (tertiary/aromatic N) is 3. The summed E-state index contributed by atoms with van der Waals surface area (Å²) in [6, 6.07) is 7.41. The summed E-state index contributed by atoms with van der Waals surface area (Å²) in [6.45, 7) is 7.27. The van der Waals surface area contributed by atoms with Gasteiger partial charge in [-0.05, 0) is 43.2 Å². The minimum absolute atomic E-state index is 0.0366. The lowest BCUT2D eigenvalue weighted by molar-refractivity contribution is -0.130. The molecule has 7 heteroatoms. The van der Waals surface area contributed by atoms with Crippen LogP contribution in [0.2, 0.25) is 0 Å². The van der Waals surface area contributed by atoms with Crippen molar-refractivity contribution in [3.8, 4) is 0 Å². The molecule has 0 bridgehead atoms. The Morgan fingerprint density at radius 2 is 2.00 bits per heavy atom. The van der Waals surface area contributed by atoms with Gasteiger partial charge in [-0.15, -0.1) is 0 Å². The molecule has 0 aliphatic carbocycles. The van der Waals surface area contributed by atoms with Crippen molar-refractivity contribution in [2.45, 2.75) is 50.9 Å². The van der Waals surface area contributed by atoms with Gasteiger partial charge < -0.3 is 9.64 Å². The van der Waals surface area contributed by atoms with E-state index in [-0.39, 0.29) is 17.6 Å². The number of para-hydroxylation sites is 1. The fourth-order valence-corrected chi connectivity index (χ4v) is 5.41. The number of thioether (sulfide) groups is 1. The smallest absolute Gasteiger partial charge is 0.262 e. The van der Waals surface area contributed by atoms with Gasteiger partial charge in [0.15, 0.2) is 5.16 Å². The van der Waals surface area contributed by atoms with E-state index in [0.29, 0.717) is 40.2 Å². The molecule has 1 amide bonds. The Bertz CT molecular complexity index is 929. The monoisotopic (exact) mass is 415 g/mol. The number of amides is 1. The van der Waals surface area contributed by atoms with E-state index in [1.165, 1.54) is 18.2 Å². The summed E-state index contributed by atoms with van der Waals surface area (Å²) in [7, 11) is 0. The number of aromatic nitrogens is 2. The van der Waals surface area contributed by atoms with E-state index in [2.05, 4.69) is 13.8 Å². The molecule has 0 spiro atoms. The van der Waals surface area contributed by atoms with Crippen LogP contribution >= 0.6 is 11.8 Å². The molecule has 156 valence electrons. The zero-order valence-electron chi connectivity index (χ0n) is 17.2. The zero-order valence-corrected chi connectivity index (χ0v) is 18.0. The number of carbonyl (C=O) groups is 1. The van der Waals surface area contributed by atoms with Crippen LogP contribution in [0, 0.1) is 11.8 Å². The Labute approximate surface area is 175 Å². The van der Waals surface area contributed by atoms with Gasteiger partial charge in [-0.1, -0.05) is 37.7 Å². The lowest BCUT2D eigenvalue weighted by Gasteiger charge is -2.35. The molecule has 29 heavy (non-hydrogen) atoms. The van der Waals surface area contributed by atoms with E-state index in [9.17, 15) is 9.59 Å². The Hall–Kier alpha value is -1.86. The van der Waals surface area contributed by atoms with E-state index in [0.717, 1.165) is 32.5 Å². The second-order valence-corrected chi connectivity index (χ2v) is 9.44. The summed E-state index contributed by atoms with van der Waals surface area (Å²) < 4.78 is 7.46. The minimum atomic E-state index is -0.0544. The molecule has 4 rings (SSSR count). The van der Waals surface area contributed by atoms with Crippen LogP contribution in [0.25, 0.3) is 10.9 Å². The standard InChI is InChI=1S/C22H29N3O3S/c1-15-10-16(2)12-24(11-15)20(26)14-29-22-23-19-8-4-3-7-18(19)21(27)25(22)13-17-6-5-9-28-17/h3-4,7-8,15-17H,5-6,9-14H2,1-2H3. The molecule has 3 atom stereocenters. The lowest BCUT2D eigenvalue weighted by Crippen LogP contribution is -2.43. The maximum Gasteiger partial charge on any atom is 0.262 e. The van der Waals surface area contributed by atoms with Crippen LogP contribution < -0.4 is 5.56 Å². The second kappa shape index (κ2) is 8.88. The minimum Gasteiger partial charge on any atom is -0.376 e. The van der Waals surface area contributed by atoms with Crippen LogP contribution in [0.15, 0.2) is 34.2 Å². The predicted molar refractivity (Wildman–Crippen MR) is 115 cm³/mol. The molecule has 0 N–H and O–H groups in total. The molecule has 6 nitrogen and oxygen atoms in total. The highest BCUT2D eigenvalue weighted by molar-refractivity contribution is 7.99. The van der Waals surface area contributed by atoms with E-state index in [1.54, 1.807) is 4.57 Å². The highest BCUT2D eigenvalue weighted by atomic mass is 32.2. The largest absolute Gasteiger partial charge is 0.376 e. The summed E-state index contributed by atoms with van der Waals surface area (Å²) in [6.07, 6.45) is 3.18. The van der Waals surface area contributed by atoms with Gasteiger partial charge in [-0.3, -0.25) is 14.2 Å². The molecule has 1 aromatic carbocycles. The van der Waals surface area contributed by atoms with Gasteiger partial charge in [0.1, 0.15) is 0 Å². The Morgan fingerprint density at radius 3 is 2.72 bits per heavy atom. The van der Waals surface area contributed by atoms with E-state index >= 15 is 0 Å². The Kier molecular flexibility index (Phi) is 6.25. The van der Waals surface area contributed by atoms with Crippen LogP contribution in [0.5, 0.6) is 0 Å². The summed E-state index contributed by atoms with van der Waals surface area (Å²) in [5.74, 6) is 1.49. The van der Waals surface area contributed by atoms with Gasteiger partial charge in [0.25, 0.3) is 5.56 Å². The fourth-order valence-electron chi connectivity index (χ4n) is 4.49. The first-order valence-corrected chi connectivity index (χ1v) is 11.5. The highest BCUT2D eigenvalue weighted by Gasteiger charge is 2.26. The van der Waals surface area contributed by atoms with Crippen LogP contribution in [0.4, 0.5) is 0 Å². The molecule has 2 fully saturated rings. The number of carbonyl (C=O) groups excluding carboxylic acids is 1. The molecule has 2 aromatic rings. The normalized spacial score (nSPS) is 24.9. The number of ether oxygens (including phenoxy) is 1. The van der Waals surface area contributed by atoms with Gasteiger partial charge in [0, 0.05) is 19.7 Å². The molecule has 2 saturated heterocycles. The van der Waals surface area contributed by atoms with Crippen LogP contribution in [-0.2, 0) is 16.1 Å². The van der Waals surface area contributed by atoms with Crippen LogP contribution in [0.3, 0.4) is 0 Å². The molecular formula is C22H29N3O3S. The first kappa shape index (κ1) is 20.4. The molecule has 1 aromatic heterocycles. The van der Waals surface area contributed by atoms with Crippen molar-refractivity contribution in [3.05, 3.63) is 34.6 Å².